The van der Waals surface area contributed by atoms with Crippen molar-refractivity contribution in [1.29, 1.82) is 0 Å². The van der Waals surface area contributed by atoms with Crippen molar-refractivity contribution in [3.8, 4) is 5.75 Å². The molecule has 1 aliphatic rings. The van der Waals surface area contributed by atoms with E-state index in [2.05, 4.69) is 6.92 Å². The number of ether oxygens (including phenoxy) is 1. The molecule has 17 heavy (non-hydrogen) atoms. The molecular weight excluding hydrogens is 219 g/mol. The molecule has 0 amide bonds. The van der Waals surface area contributed by atoms with Gasteiger partial charge in [-0.3, -0.25) is 0 Å². The van der Waals surface area contributed by atoms with Crippen LogP contribution in [-0.4, -0.2) is 12.2 Å². The molecule has 0 aliphatic heterocycles. The fraction of sp³-hybridized carbons (Fsp3) is 0.571. The van der Waals surface area contributed by atoms with Gasteiger partial charge >= 0.3 is 0 Å². The van der Waals surface area contributed by atoms with Gasteiger partial charge in [0.1, 0.15) is 11.6 Å². The third kappa shape index (κ3) is 2.44. The molecule has 2 nitrogen and oxygen atoms in total. The third-order valence-corrected chi connectivity index (χ3v) is 3.76. The van der Waals surface area contributed by atoms with Crippen molar-refractivity contribution < 1.29 is 14.2 Å². The second-order valence-corrected chi connectivity index (χ2v) is 5.06. The average molecular weight is 238 g/mol. The Hall–Kier alpha value is -1.09. The molecule has 0 aromatic heterocycles. The molecule has 0 saturated heterocycles. The van der Waals surface area contributed by atoms with Gasteiger partial charge < -0.3 is 9.84 Å². The molecule has 0 spiro atoms. The average Bonchev–Trinajstić information content (AvgIpc) is 2.33. The van der Waals surface area contributed by atoms with Crippen molar-refractivity contribution in [2.75, 3.05) is 7.11 Å². The SMILES string of the molecule is COc1ccc(F)cc1C1(O)CCC(C)CC1. The Kier molecular flexibility index (Phi) is 3.38. The van der Waals surface area contributed by atoms with E-state index in [1.165, 1.54) is 12.1 Å². The Bertz CT molecular complexity index is 395. The summed E-state index contributed by atoms with van der Waals surface area (Å²) >= 11 is 0. The van der Waals surface area contributed by atoms with Gasteiger partial charge in [0, 0.05) is 5.56 Å². The lowest BCUT2D eigenvalue weighted by molar-refractivity contribution is -0.0140. The molecule has 2 rings (SSSR count). The van der Waals surface area contributed by atoms with Gasteiger partial charge in [-0.15, -0.1) is 0 Å². The Labute approximate surface area is 101 Å². The maximum absolute atomic E-state index is 13.3. The van der Waals surface area contributed by atoms with Crippen LogP contribution in [0.25, 0.3) is 0 Å². The van der Waals surface area contributed by atoms with E-state index in [0.717, 1.165) is 12.8 Å². The predicted octanol–water partition coefficient (Wildman–Crippen LogP) is 3.23. The van der Waals surface area contributed by atoms with Gasteiger partial charge in [0.05, 0.1) is 12.7 Å². The van der Waals surface area contributed by atoms with Crippen LogP contribution in [0.5, 0.6) is 5.75 Å². The summed E-state index contributed by atoms with van der Waals surface area (Å²) < 4.78 is 18.5. The van der Waals surface area contributed by atoms with Crippen molar-refractivity contribution in [2.45, 2.75) is 38.2 Å². The molecule has 1 aliphatic carbocycles. The van der Waals surface area contributed by atoms with Gasteiger partial charge in [-0.05, 0) is 49.8 Å². The molecule has 0 bridgehead atoms. The Morgan fingerprint density at radius 2 is 2.00 bits per heavy atom. The minimum Gasteiger partial charge on any atom is -0.496 e. The van der Waals surface area contributed by atoms with Crippen LogP contribution >= 0.6 is 0 Å². The Balaban J connectivity index is 2.34. The van der Waals surface area contributed by atoms with Crippen LogP contribution in [0.1, 0.15) is 38.2 Å². The molecule has 3 heteroatoms. The highest BCUT2D eigenvalue weighted by Gasteiger charge is 2.36. The van der Waals surface area contributed by atoms with E-state index in [0.29, 0.717) is 30.1 Å². The number of aliphatic hydroxyl groups is 1. The highest BCUT2D eigenvalue weighted by Crippen LogP contribution is 2.42. The third-order valence-electron chi connectivity index (χ3n) is 3.76. The highest BCUT2D eigenvalue weighted by atomic mass is 19.1. The smallest absolute Gasteiger partial charge is 0.125 e. The van der Waals surface area contributed by atoms with E-state index < -0.39 is 5.60 Å². The molecule has 0 radical (unpaired) electrons. The number of rotatable bonds is 2. The minimum absolute atomic E-state index is 0.326. The molecule has 1 N–H and O–H groups in total. The van der Waals surface area contributed by atoms with Gasteiger partial charge in [-0.1, -0.05) is 6.92 Å². The number of hydrogen-bond donors (Lipinski definition) is 1. The van der Waals surface area contributed by atoms with E-state index in [4.69, 9.17) is 4.74 Å². The van der Waals surface area contributed by atoms with E-state index in [1.54, 1.807) is 13.2 Å². The van der Waals surface area contributed by atoms with Crippen molar-refractivity contribution in [3.05, 3.63) is 29.6 Å². The molecule has 1 fully saturated rings. The van der Waals surface area contributed by atoms with Crippen molar-refractivity contribution >= 4 is 0 Å². The number of methoxy groups -OCH3 is 1. The molecule has 1 aromatic carbocycles. The fourth-order valence-corrected chi connectivity index (χ4v) is 2.55. The summed E-state index contributed by atoms with van der Waals surface area (Å²) in [7, 11) is 1.55. The van der Waals surface area contributed by atoms with Crippen LogP contribution < -0.4 is 4.74 Å². The second-order valence-electron chi connectivity index (χ2n) is 5.06. The quantitative estimate of drug-likeness (QED) is 0.857. The summed E-state index contributed by atoms with van der Waals surface area (Å²) in [5.74, 6) is 0.881. The maximum atomic E-state index is 13.3. The van der Waals surface area contributed by atoms with Crippen LogP contribution in [0.2, 0.25) is 0 Å². The first-order valence-corrected chi connectivity index (χ1v) is 6.11. The van der Waals surface area contributed by atoms with Crippen molar-refractivity contribution in [2.24, 2.45) is 5.92 Å². The van der Waals surface area contributed by atoms with Gasteiger partial charge in [0.2, 0.25) is 0 Å². The summed E-state index contributed by atoms with van der Waals surface area (Å²) in [6.45, 7) is 2.18. The molecule has 0 atom stereocenters. The van der Waals surface area contributed by atoms with Crippen molar-refractivity contribution in [3.63, 3.8) is 0 Å². The minimum atomic E-state index is -0.931. The topological polar surface area (TPSA) is 29.5 Å². The monoisotopic (exact) mass is 238 g/mol. The lowest BCUT2D eigenvalue weighted by atomic mass is 9.75. The van der Waals surface area contributed by atoms with Gasteiger partial charge in [-0.25, -0.2) is 4.39 Å². The summed E-state index contributed by atoms with van der Waals surface area (Å²) in [6.07, 6.45) is 3.29. The first kappa shape index (κ1) is 12.4. The molecule has 1 aromatic rings. The van der Waals surface area contributed by atoms with Crippen LogP contribution in [0, 0.1) is 11.7 Å². The summed E-state index contributed by atoms with van der Waals surface area (Å²) in [5, 5.41) is 10.7. The zero-order valence-electron chi connectivity index (χ0n) is 10.4. The Morgan fingerprint density at radius 3 is 2.59 bits per heavy atom. The van der Waals surface area contributed by atoms with Crippen LogP contribution in [0.3, 0.4) is 0 Å². The van der Waals surface area contributed by atoms with Crippen LogP contribution in [-0.2, 0) is 5.60 Å². The molecule has 94 valence electrons. The number of benzene rings is 1. The standard InChI is InChI=1S/C14H19FO2/c1-10-5-7-14(16,8-6-10)12-9-11(15)3-4-13(12)17-2/h3-4,9-10,16H,5-8H2,1-2H3. The lowest BCUT2D eigenvalue weighted by Crippen LogP contribution is -2.31. The van der Waals surface area contributed by atoms with E-state index >= 15 is 0 Å². The molecular formula is C14H19FO2. The second kappa shape index (κ2) is 4.65. The van der Waals surface area contributed by atoms with E-state index in [1.807, 2.05) is 0 Å². The molecule has 0 unspecified atom stereocenters. The zero-order valence-corrected chi connectivity index (χ0v) is 10.4. The van der Waals surface area contributed by atoms with E-state index in [9.17, 15) is 9.50 Å². The maximum Gasteiger partial charge on any atom is 0.125 e. The molecule has 1 saturated carbocycles. The highest BCUT2D eigenvalue weighted by molar-refractivity contribution is 5.38. The van der Waals surface area contributed by atoms with Crippen LogP contribution in [0.15, 0.2) is 18.2 Å². The van der Waals surface area contributed by atoms with Gasteiger partial charge in [0.15, 0.2) is 0 Å². The number of hydrogen-bond acceptors (Lipinski definition) is 2. The van der Waals surface area contributed by atoms with Crippen molar-refractivity contribution in [1.82, 2.24) is 0 Å². The largest absolute Gasteiger partial charge is 0.496 e. The fourth-order valence-electron chi connectivity index (χ4n) is 2.55. The van der Waals surface area contributed by atoms with Gasteiger partial charge in [-0.2, -0.15) is 0 Å². The van der Waals surface area contributed by atoms with Gasteiger partial charge in [0.25, 0.3) is 0 Å². The van der Waals surface area contributed by atoms with E-state index in [-0.39, 0.29) is 5.82 Å². The van der Waals surface area contributed by atoms with Crippen LogP contribution in [0.4, 0.5) is 4.39 Å². The zero-order chi connectivity index (χ0) is 12.5. The Morgan fingerprint density at radius 1 is 1.35 bits per heavy atom. The number of halogens is 1. The predicted molar refractivity (Wildman–Crippen MR) is 64.5 cm³/mol. The summed E-state index contributed by atoms with van der Waals surface area (Å²) in [5.41, 5.74) is -0.341. The first-order valence-electron chi connectivity index (χ1n) is 6.11. The summed E-state index contributed by atoms with van der Waals surface area (Å²) in [4.78, 5) is 0. The summed E-state index contributed by atoms with van der Waals surface area (Å²) in [6, 6.07) is 4.34. The normalized spacial score (nSPS) is 29.1. The molecule has 0 heterocycles. The lowest BCUT2D eigenvalue weighted by Gasteiger charge is -2.36. The first-order chi connectivity index (χ1) is 8.05.